The summed E-state index contributed by atoms with van der Waals surface area (Å²) in [4.78, 5) is 14.7. The maximum Gasteiger partial charge on any atom is 0.339 e. The second-order valence-electron chi connectivity index (χ2n) is 7.81. The van der Waals surface area contributed by atoms with Crippen LogP contribution in [0.25, 0.3) is 0 Å². The van der Waals surface area contributed by atoms with Crippen LogP contribution in [0.2, 0.25) is 10.0 Å². The number of benzene rings is 3. The Labute approximate surface area is 214 Å². The normalized spacial score (nSPS) is 14.5. The summed E-state index contributed by atoms with van der Waals surface area (Å²) in [5, 5.41) is 0.643. The smallest absolute Gasteiger partial charge is 0.339 e. The van der Waals surface area contributed by atoms with Gasteiger partial charge in [0.2, 0.25) is 10.0 Å². The minimum absolute atomic E-state index is 0.00260. The fraction of sp³-hybridized carbons (Fsp3) is 0.240. The highest BCUT2D eigenvalue weighted by molar-refractivity contribution is 7.89. The molecule has 3 aromatic carbocycles. The number of rotatable bonds is 8. The van der Waals surface area contributed by atoms with Crippen molar-refractivity contribution in [1.82, 2.24) is 4.31 Å². The molecule has 0 aliphatic carbocycles. The van der Waals surface area contributed by atoms with E-state index in [1.807, 2.05) is 30.3 Å². The second-order valence-corrected chi connectivity index (χ2v) is 10.6. The summed E-state index contributed by atoms with van der Waals surface area (Å²) >= 11 is 12.1. The van der Waals surface area contributed by atoms with E-state index >= 15 is 0 Å². The van der Waals surface area contributed by atoms with Crippen LogP contribution < -0.4 is 9.64 Å². The third-order valence-corrected chi connectivity index (χ3v) is 8.00. The highest BCUT2D eigenvalue weighted by Crippen LogP contribution is 2.25. The summed E-state index contributed by atoms with van der Waals surface area (Å²) < 4.78 is 38.6. The summed E-state index contributed by atoms with van der Waals surface area (Å²) in [7, 11) is -3.80. The predicted octanol–water partition coefficient (Wildman–Crippen LogP) is 4.74. The molecule has 1 fully saturated rings. The van der Waals surface area contributed by atoms with E-state index in [0.717, 1.165) is 5.69 Å². The lowest BCUT2D eigenvalue weighted by Crippen LogP contribution is -2.48. The number of esters is 1. The van der Waals surface area contributed by atoms with E-state index in [-0.39, 0.29) is 28.7 Å². The topological polar surface area (TPSA) is 76.1 Å². The lowest BCUT2D eigenvalue weighted by Gasteiger charge is -2.35. The third-order valence-electron chi connectivity index (χ3n) is 5.54. The number of halogens is 2. The molecule has 35 heavy (non-hydrogen) atoms. The number of carbonyl (C=O) groups is 1. The quantitative estimate of drug-likeness (QED) is 0.307. The van der Waals surface area contributed by atoms with Crippen LogP contribution in [0.3, 0.4) is 0 Å². The zero-order valence-corrected chi connectivity index (χ0v) is 21.1. The van der Waals surface area contributed by atoms with Crippen LogP contribution in [0.15, 0.2) is 77.7 Å². The monoisotopic (exact) mass is 534 g/mol. The van der Waals surface area contributed by atoms with Crippen LogP contribution >= 0.6 is 23.2 Å². The Hall–Kier alpha value is -2.78. The largest absolute Gasteiger partial charge is 0.490 e. The van der Waals surface area contributed by atoms with Gasteiger partial charge in [0.1, 0.15) is 19.0 Å². The maximum absolute atomic E-state index is 13.2. The Morgan fingerprint density at radius 3 is 2.31 bits per heavy atom. The highest BCUT2D eigenvalue weighted by Gasteiger charge is 2.29. The van der Waals surface area contributed by atoms with E-state index in [2.05, 4.69) is 4.90 Å². The van der Waals surface area contributed by atoms with Gasteiger partial charge in [0.15, 0.2) is 0 Å². The number of hydrogen-bond acceptors (Lipinski definition) is 6. The van der Waals surface area contributed by atoms with Gasteiger partial charge in [0, 0.05) is 36.9 Å². The standard InChI is InChI=1S/C25H24Cl2N2O5S/c26-19-5-4-8-21(17-19)33-15-16-34-25(30)23-18-22(9-10-24(23)27)35(31,32)29-13-11-28(12-14-29)20-6-2-1-3-7-20/h1-10,17-18H,11-16H2. The maximum atomic E-state index is 13.2. The van der Waals surface area contributed by atoms with Gasteiger partial charge in [-0.25, -0.2) is 13.2 Å². The number of nitrogens with zero attached hydrogens (tertiary/aromatic N) is 2. The van der Waals surface area contributed by atoms with Crippen molar-refractivity contribution in [2.24, 2.45) is 0 Å². The number of carbonyl (C=O) groups excluding carboxylic acids is 1. The molecule has 0 radical (unpaired) electrons. The van der Waals surface area contributed by atoms with E-state index in [1.54, 1.807) is 24.3 Å². The fourth-order valence-corrected chi connectivity index (χ4v) is 5.55. The summed E-state index contributed by atoms with van der Waals surface area (Å²) in [6.07, 6.45) is 0. The van der Waals surface area contributed by atoms with Crippen LogP contribution in [0.1, 0.15) is 10.4 Å². The lowest BCUT2D eigenvalue weighted by molar-refractivity contribution is 0.0450. The Bertz CT molecular complexity index is 1280. The van der Waals surface area contributed by atoms with Gasteiger partial charge in [0.05, 0.1) is 15.5 Å². The van der Waals surface area contributed by atoms with Crippen LogP contribution in [-0.4, -0.2) is 58.1 Å². The van der Waals surface area contributed by atoms with Crippen molar-refractivity contribution in [2.75, 3.05) is 44.3 Å². The first-order chi connectivity index (χ1) is 16.8. The van der Waals surface area contributed by atoms with Gasteiger partial charge in [0.25, 0.3) is 0 Å². The Morgan fingerprint density at radius 2 is 1.60 bits per heavy atom. The Morgan fingerprint density at radius 1 is 0.857 bits per heavy atom. The molecular formula is C25H24Cl2N2O5S. The molecule has 3 aromatic rings. The minimum Gasteiger partial charge on any atom is -0.490 e. The van der Waals surface area contributed by atoms with E-state index in [4.69, 9.17) is 32.7 Å². The number of piperazine rings is 1. The molecule has 7 nitrogen and oxygen atoms in total. The number of anilines is 1. The molecule has 0 saturated carbocycles. The van der Waals surface area contributed by atoms with Crippen LogP contribution in [0.4, 0.5) is 5.69 Å². The molecule has 0 aromatic heterocycles. The SMILES string of the molecule is O=C(OCCOc1cccc(Cl)c1)c1cc(S(=O)(=O)N2CCN(c3ccccc3)CC2)ccc1Cl. The van der Waals surface area contributed by atoms with E-state index < -0.39 is 16.0 Å². The summed E-state index contributed by atoms with van der Waals surface area (Å²) in [5.74, 6) is -0.178. The van der Waals surface area contributed by atoms with Crippen LogP contribution in [0, 0.1) is 0 Å². The fourth-order valence-electron chi connectivity index (χ4n) is 3.72. The van der Waals surface area contributed by atoms with Crippen molar-refractivity contribution < 1.29 is 22.7 Å². The molecule has 0 unspecified atom stereocenters. The molecule has 4 rings (SSSR count). The number of hydrogen-bond donors (Lipinski definition) is 0. The summed E-state index contributed by atoms with van der Waals surface area (Å²) in [5.41, 5.74) is 1.04. The highest BCUT2D eigenvalue weighted by atomic mass is 35.5. The van der Waals surface area contributed by atoms with Gasteiger partial charge in [-0.1, -0.05) is 47.5 Å². The van der Waals surface area contributed by atoms with Gasteiger partial charge in [-0.2, -0.15) is 4.31 Å². The molecule has 1 aliphatic heterocycles. The first-order valence-corrected chi connectivity index (χ1v) is 13.2. The van der Waals surface area contributed by atoms with Crippen molar-refractivity contribution in [3.63, 3.8) is 0 Å². The van der Waals surface area contributed by atoms with Gasteiger partial charge in [-0.15, -0.1) is 0 Å². The molecular weight excluding hydrogens is 511 g/mol. The number of ether oxygens (including phenoxy) is 2. The van der Waals surface area contributed by atoms with Gasteiger partial charge in [-0.05, 0) is 48.5 Å². The number of sulfonamides is 1. The molecule has 1 aliphatic rings. The van der Waals surface area contributed by atoms with E-state index in [0.29, 0.717) is 37.0 Å². The molecule has 0 amide bonds. The van der Waals surface area contributed by atoms with Gasteiger partial charge in [-0.3, -0.25) is 0 Å². The molecule has 1 saturated heterocycles. The third kappa shape index (κ3) is 6.27. The molecule has 0 N–H and O–H groups in total. The van der Waals surface area contributed by atoms with Crippen molar-refractivity contribution >= 4 is 44.9 Å². The van der Waals surface area contributed by atoms with Crippen molar-refractivity contribution in [1.29, 1.82) is 0 Å². The number of para-hydroxylation sites is 1. The molecule has 0 atom stereocenters. The molecule has 0 bridgehead atoms. The van der Waals surface area contributed by atoms with Crippen molar-refractivity contribution in [3.05, 3.63) is 88.4 Å². The molecule has 184 valence electrons. The van der Waals surface area contributed by atoms with Crippen LogP contribution in [-0.2, 0) is 14.8 Å². The predicted molar refractivity (Wildman–Crippen MR) is 136 cm³/mol. The van der Waals surface area contributed by atoms with Crippen molar-refractivity contribution in [3.8, 4) is 5.75 Å². The minimum atomic E-state index is -3.80. The van der Waals surface area contributed by atoms with E-state index in [1.165, 1.54) is 22.5 Å². The van der Waals surface area contributed by atoms with Gasteiger partial charge < -0.3 is 14.4 Å². The lowest BCUT2D eigenvalue weighted by atomic mass is 10.2. The molecule has 10 heteroatoms. The van der Waals surface area contributed by atoms with E-state index in [9.17, 15) is 13.2 Å². The first kappa shape index (κ1) is 25.3. The van der Waals surface area contributed by atoms with Crippen LogP contribution in [0.5, 0.6) is 5.75 Å². The van der Waals surface area contributed by atoms with Gasteiger partial charge >= 0.3 is 5.97 Å². The average molecular weight is 535 g/mol. The Balaban J connectivity index is 1.37. The molecule has 1 heterocycles. The second kappa shape index (κ2) is 11.3. The summed E-state index contributed by atoms with van der Waals surface area (Å²) in [6.45, 7) is 1.87. The Kier molecular flexibility index (Phi) is 8.18. The first-order valence-electron chi connectivity index (χ1n) is 11.0. The molecule has 0 spiro atoms. The average Bonchev–Trinajstić information content (AvgIpc) is 2.87. The zero-order valence-electron chi connectivity index (χ0n) is 18.8. The summed E-state index contributed by atoms with van der Waals surface area (Å²) in [6, 6.07) is 20.8. The zero-order chi connectivity index (χ0) is 24.8. The van der Waals surface area contributed by atoms with Crippen molar-refractivity contribution in [2.45, 2.75) is 4.90 Å².